The number of carbonyl (C=O) groups is 1. The highest BCUT2D eigenvalue weighted by Gasteiger charge is 2.30. The standard InChI is InChI=1S/C13H16N2O2S/c1-17-11-6-10(7-11)15-13(16)9-5-12(18-8-9)3-2-4-14/h5,8,10-11H,4,6-7,14H2,1H3,(H,15,16). The number of nitrogens with two attached hydrogens (primary N) is 1. The molecular weight excluding hydrogens is 248 g/mol. The van der Waals surface area contributed by atoms with Gasteiger partial charge in [-0.3, -0.25) is 4.79 Å². The maximum atomic E-state index is 11.9. The van der Waals surface area contributed by atoms with Gasteiger partial charge in [-0.05, 0) is 18.9 Å². The first-order valence-electron chi connectivity index (χ1n) is 5.84. The van der Waals surface area contributed by atoms with Crippen LogP contribution in [0.15, 0.2) is 11.4 Å². The summed E-state index contributed by atoms with van der Waals surface area (Å²) in [5.74, 6) is 5.66. The van der Waals surface area contributed by atoms with Gasteiger partial charge in [0.1, 0.15) is 0 Å². The van der Waals surface area contributed by atoms with Crippen LogP contribution in [-0.2, 0) is 4.74 Å². The molecule has 1 fully saturated rings. The van der Waals surface area contributed by atoms with Crippen molar-refractivity contribution in [1.82, 2.24) is 5.32 Å². The Bertz CT molecular complexity index is 481. The molecule has 0 saturated heterocycles. The lowest BCUT2D eigenvalue weighted by Crippen LogP contribution is -2.47. The normalized spacial score (nSPS) is 21.7. The summed E-state index contributed by atoms with van der Waals surface area (Å²) in [5, 5.41) is 4.80. The SMILES string of the molecule is COC1CC(NC(=O)c2csc(C#CCN)c2)C1. The van der Waals surface area contributed by atoms with Gasteiger partial charge in [0.05, 0.1) is 23.1 Å². The number of hydrogen-bond donors (Lipinski definition) is 2. The highest BCUT2D eigenvalue weighted by molar-refractivity contribution is 7.10. The second-order valence-electron chi connectivity index (χ2n) is 4.21. The molecule has 0 aliphatic heterocycles. The summed E-state index contributed by atoms with van der Waals surface area (Å²) in [6, 6.07) is 2.04. The van der Waals surface area contributed by atoms with Gasteiger partial charge in [-0.1, -0.05) is 11.8 Å². The lowest BCUT2D eigenvalue weighted by atomic mass is 9.89. The van der Waals surface area contributed by atoms with Crippen molar-refractivity contribution in [3.05, 3.63) is 21.9 Å². The van der Waals surface area contributed by atoms with E-state index < -0.39 is 0 Å². The molecular formula is C13H16N2O2S. The Balaban J connectivity index is 1.87. The number of rotatable bonds is 3. The molecule has 5 heteroatoms. The molecule has 1 aliphatic carbocycles. The Morgan fingerprint density at radius 2 is 2.44 bits per heavy atom. The minimum atomic E-state index is -0.0356. The van der Waals surface area contributed by atoms with Crippen LogP contribution in [0.5, 0.6) is 0 Å². The van der Waals surface area contributed by atoms with Crippen LogP contribution in [0.3, 0.4) is 0 Å². The number of amides is 1. The van der Waals surface area contributed by atoms with Crippen molar-refractivity contribution < 1.29 is 9.53 Å². The Kier molecular flexibility index (Phi) is 4.37. The van der Waals surface area contributed by atoms with Gasteiger partial charge in [0.2, 0.25) is 0 Å². The molecule has 0 radical (unpaired) electrons. The van der Waals surface area contributed by atoms with Crippen LogP contribution in [0.25, 0.3) is 0 Å². The zero-order valence-corrected chi connectivity index (χ0v) is 11.0. The number of methoxy groups -OCH3 is 1. The van der Waals surface area contributed by atoms with E-state index in [9.17, 15) is 4.79 Å². The lowest BCUT2D eigenvalue weighted by Gasteiger charge is -2.34. The molecule has 0 aromatic carbocycles. The molecule has 1 saturated carbocycles. The molecule has 1 heterocycles. The minimum Gasteiger partial charge on any atom is -0.381 e. The third-order valence-electron chi connectivity index (χ3n) is 2.94. The fourth-order valence-electron chi connectivity index (χ4n) is 1.80. The van der Waals surface area contributed by atoms with Crippen LogP contribution in [-0.4, -0.2) is 31.7 Å². The average Bonchev–Trinajstić information content (AvgIpc) is 2.79. The van der Waals surface area contributed by atoms with Crippen molar-refractivity contribution in [3.63, 3.8) is 0 Å². The molecule has 0 bridgehead atoms. The summed E-state index contributed by atoms with van der Waals surface area (Å²) in [5.41, 5.74) is 5.97. The van der Waals surface area contributed by atoms with E-state index in [4.69, 9.17) is 10.5 Å². The Morgan fingerprint density at radius 3 is 3.11 bits per heavy atom. The molecule has 1 amide bonds. The summed E-state index contributed by atoms with van der Waals surface area (Å²) in [6.07, 6.45) is 2.09. The van der Waals surface area contributed by atoms with Crippen LogP contribution in [0.4, 0.5) is 0 Å². The lowest BCUT2D eigenvalue weighted by molar-refractivity contribution is 0.0176. The van der Waals surface area contributed by atoms with Crippen molar-refractivity contribution in [1.29, 1.82) is 0 Å². The zero-order chi connectivity index (χ0) is 13.0. The average molecular weight is 264 g/mol. The number of ether oxygens (including phenoxy) is 1. The number of nitrogens with one attached hydrogen (secondary N) is 1. The quantitative estimate of drug-likeness (QED) is 0.799. The fraction of sp³-hybridized carbons (Fsp3) is 0.462. The summed E-state index contributed by atoms with van der Waals surface area (Å²) in [7, 11) is 1.70. The molecule has 0 atom stereocenters. The molecule has 1 aliphatic rings. The number of carbonyl (C=O) groups excluding carboxylic acids is 1. The van der Waals surface area contributed by atoms with Gasteiger partial charge in [-0.25, -0.2) is 0 Å². The third kappa shape index (κ3) is 3.10. The smallest absolute Gasteiger partial charge is 0.252 e. The topological polar surface area (TPSA) is 64.3 Å². The molecule has 1 aromatic heterocycles. The van der Waals surface area contributed by atoms with Gasteiger partial charge in [0.25, 0.3) is 5.91 Å². The van der Waals surface area contributed by atoms with E-state index in [1.165, 1.54) is 11.3 Å². The third-order valence-corrected chi connectivity index (χ3v) is 3.78. The minimum absolute atomic E-state index is 0.0356. The molecule has 4 nitrogen and oxygen atoms in total. The van der Waals surface area contributed by atoms with Gasteiger partial charge < -0.3 is 15.8 Å². The van der Waals surface area contributed by atoms with Crippen LogP contribution < -0.4 is 11.1 Å². The van der Waals surface area contributed by atoms with Gasteiger partial charge in [-0.15, -0.1) is 11.3 Å². The van der Waals surface area contributed by atoms with E-state index in [1.54, 1.807) is 13.2 Å². The van der Waals surface area contributed by atoms with Crippen molar-refractivity contribution in [2.45, 2.75) is 25.0 Å². The van der Waals surface area contributed by atoms with E-state index in [2.05, 4.69) is 17.2 Å². The molecule has 3 N–H and O–H groups in total. The van der Waals surface area contributed by atoms with Crippen molar-refractivity contribution in [3.8, 4) is 11.8 Å². The van der Waals surface area contributed by atoms with Crippen LogP contribution in [0.1, 0.15) is 28.1 Å². The van der Waals surface area contributed by atoms with E-state index in [-0.39, 0.29) is 11.9 Å². The summed E-state index contributed by atoms with van der Waals surface area (Å²) < 4.78 is 5.17. The molecule has 18 heavy (non-hydrogen) atoms. The monoisotopic (exact) mass is 264 g/mol. The molecule has 1 aromatic rings. The Labute approximate surface area is 111 Å². The number of hydrogen-bond acceptors (Lipinski definition) is 4. The second-order valence-corrected chi connectivity index (χ2v) is 5.12. The molecule has 2 rings (SSSR count). The van der Waals surface area contributed by atoms with Gasteiger partial charge in [-0.2, -0.15) is 0 Å². The van der Waals surface area contributed by atoms with Crippen molar-refractivity contribution >= 4 is 17.2 Å². The summed E-state index contributed by atoms with van der Waals surface area (Å²) in [6.45, 7) is 0.333. The van der Waals surface area contributed by atoms with E-state index in [0.717, 1.165) is 17.7 Å². The highest BCUT2D eigenvalue weighted by Crippen LogP contribution is 2.23. The van der Waals surface area contributed by atoms with E-state index in [0.29, 0.717) is 18.2 Å². The maximum absolute atomic E-state index is 11.9. The van der Waals surface area contributed by atoms with Gasteiger partial charge in [0, 0.05) is 18.5 Å². The van der Waals surface area contributed by atoms with E-state index >= 15 is 0 Å². The highest BCUT2D eigenvalue weighted by atomic mass is 32.1. The largest absolute Gasteiger partial charge is 0.381 e. The maximum Gasteiger partial charge on any atom is 0.252 e. The first kappa shape index (κ1) is 13.1. The Hall–Kier alpha value is -1.35. The Morgan fingerprint density at radius 1 is 1.67 bits per heavy atom. The predicted molar refractivity (Wildman–Crippen MR) is 71.5 cm³/mol. The summed E-state index contributed by atoms with van der Waals surface area (Å²) in [4.78, 5) is 12.8. The first-order valence-corrected chi connectivity index (χ1v) is 6.72. The predicted octanol–water partition coefficient (Wildman–Crippen LogP) is 0.966. The number of thiophene rings is 1. The summed E-state index contributed by atoms with van der Waals surface area (Å²) >= 11 is 1.46. The zero-order valence-electron chi connectivity index (χ0n) is 10.2. The molecule has 96 valence electrons. The van der Waals surface area contributed by atoms with E-state index in [1.807, 2.05) is 5.38 Å². The molecule has 0 spiro atoms. The van der Waals surface area contributed by atoms with Gasteiger partial charge >= 0.3 is 0 Å². The van der Waals surface area contributed by atoms with Crippen LogP contribution in [0, 0.1) is 11.8 Å². The van der Waals surface area contributed by atoms with Crippen LogP contribution >= 0.6 is 11.3 Å². The fourth-order valence-corrected chi connectivity index (χ4v) is 2.56. The molecule has 0 unspecified atom stereocenters. The first-order chi connectivity index (χ1) is 8.72. The van der Waals surface area contributed by atoms with Crippen molar-refractivity contribution in [2.75, 3.05) is 13.7 Å². The van der Waals surface area contributed by atoms with Crippen molar-refractivity contribution in [2.24, 2.45) is 5.73 Å². The van der Waals surface area contributed by atoms with Gasteiger partial charge in [0.15, 0.2) is 0 Å². The van der Waals surface area contributed by atoms with Crippen LogP contribution in [0.2, 0.25) is 0 Å². The second kappa shape index (κ2) is 6.01.